The topological polar surface area (TPSA) is 32.7 Å². The van der Waals surface area contributed by atoms with Crippen molar-refractivity contribution in [1.82, 2.24) is 4.90 Å². The van der Waals surface area contributed by atoms with Crippen LogP contribution in [0.4, 0.5) is 0 Å². The van der Waals surface area contributed by atoms with Gasteiger partial charge in [0.2, 0.25) is 0 Å². The van der Waals surface area contributed by atoms with Gasteiger partial charge in [-0.05, 0) is 56.4 Å². The van der Waals surface area contributed by atoms with Crippen LogP contribution in [0.2, 0.25) is 0 Å². The van der Waals surface area contributed by atoms with E-state index in [0.717, 1.165) is 44.9 Å². The van der Waals surface area contributed by atoms with Gasteiger partial charge in [0.1, 0.15) is 0 Å². The van der Waals surface area contributed by atoms with Crippen molar-refractivity contribution in [1.29, 1.82) is 0 Å². The molecule has 3 unspecified atom stereocenters. The van der Waals surface area contributed by atoms with E-state index >= 15 is 0 Å². The van der Waals surface area contributed by atoms with Gasteiger partial charge in [-0.25, -0.2) is 0 Å². The van der Waals surface area contributed by atoms with Crippen molar-refractivity contribution < 1.29 is 9.84 Å². The second-order valence-electron chi connectivity index (χ2n) is 7.99. The van der Waals surface area contributed by atoms with Crippen LogP contribution in [0.15, 0.2) is 0 Å². The number of hydrogen-bond donors (Lipinski definition) is 1. The molecule has 1 aliphatic heterocycles. The van der Waals surface area contributed by atoms with Crippen molar-refractivity contribution in [3.05, 3.63) is 0 Å². The Hall–Kier alpha value is -0.120. The number of nitrogens with zero attached hydrogens (tertiary/aromatic N) is 1. The first-order valence-electron chi connectivity index (χ1n) is 8.34. The molecule has 1 heterocycles. The van der Waals surface area contributed by atoms with E-state index in [-0.39, 0.29) is 6.10 Å². The fourth-order valence-corrected chi connectivity index (χ4v) is 3.88. The standard InChI is InChI=1S/C17H33NO2/c1-17(2,3)14-5-6-16(19)13(11-14)12-18(4)15-7-9-20-10-8-15/h13-16,19H,5-12H2,1-4H3. The monoisotopic (exact) mass is 283 g/mol. The third-order valence-corrected chi connectivity index (χ3v) is 5.50. The molecule has 1 aliphatic carbocycles. The highest BCUT2D eigenvalue weighted by Crippen LogP contribution is 2.40. The lowest BCUT2D eigenvalue weighted by Gasteiger charge is -2.42. The minimum Gasteiger partial charge on any atom is -0.393 e. The van der Waals surface area contributed by atoms with Crippen LogP contribution >= 0.6 is 0 Å². The summed E-state index contributed by atoms with van der Waals surface area (Å²) in [6, 6.07) is 0.644. The minimum atomic E-state index is -0.101. The number of hydrogen-bond acceptors (Lipinski definition) is 3. The lowest BCUT2D eigenvalue weighted by molar-refractivity contribution is -0.0123. The van der Waals surface area contributed by atoms with Crippen LogP contribution in [-0.2, 0) is 4.74 Å². The molecule has 0 aromatic carbocycles. The van der Waals surface area contributed by atoms with Crippen LogP contribution in [0.1, 0.15) is 52.9 Å². The summed E-state index contributed by atoms with van der Waals surface area (Å²) in [5.74, 6) is 1.19. The Balaban J connectivity index is 1.89. The van der Waals surface area contributed by atoms with Crippen molar-refractivity contribution in [3.8, 4) is 0 Å². The summed E-state index contributed by atoms with van der Waals surface area (Å²) in [4.78, 5) is 2.47. The highest BCUT2D eigenvalue weighted by molar-refractivity contribution is 4.87. The van der Waals surface area contributed by atoms with Gasteiger partial charge in [0.05, 0.1) is 6.10 Å². The van der Waals surface area contributed by atoms with Crippen molar-refractivity contribution in [2.24, 2.45) is 17.3 Å². The molecule has 2 aliphatic rings. The summed E-state index contributed by atoms with van der Waals surface area (Å²) < 4.78 is 5.45. The zero-order valence-electron chi connectivity index (χ0n) is 13.8. The summed E-state index contributed by atoms with van der Waals surface area (Å²) in [7, 11) is 2.23. The molecule has 3 heteroatoms. The molecule has 1 saturated heterocycles. The fourth-order valence-electron chi connectivity index (χ4n) is 3.88. The van der Waals surface area contributed by atoms with E-state index in [0.29, 0.717) is 17.4 Å². The molecular weight excluding hydrogens is 250 g/mol. The summed E-state index contributed by atoms with van der Waals surface area (Å²) in [5.41, 5.74) is 0.371. The third kappa shape index (κ3) is 4.19. The Morgan fingerprint density at radius 2 is 1.75 bits per heavy atom. The van der Waals surface area contributed by atoms with Gasteiger partial charge in [-0.3, -0.25) is 0 Å². The summed E-state index contributed by atoms with van der Waals surface area (Å²) in [6.45, 7) is 9.86. The predicted octanol–water partition coefficient (Wildman–Crippen LogP) is 2.92. The maximum Gasteiger partial charge on any atom is 0.0580 e. The van der Waals surface area contributed by atoms with E-state index in [1.54, 1.807) is 0 Å². The Bertz CT molecular complexity index is 294. The first-order valence-corrected chi connectivity index (χ1v) is 8.34. The van der Waals surface area contributed by atoms with Crippen LogP contribution in [-0.4, -0.2) is 49.0 Å². The van der Waals surface area contributed by atoms with Crippen molar-refractivity contribution in [3.63, 3.8) is 0 Å². The molecule has 0 spiro atoms. The number of ether oxygens (including phenoxy) is 1. The summed E-state index contributed by atoms with van der Waals surface area (Å²) >= 11 is 0. The summed E-state index contributed by atoms with van der Waals surface area (Å²) in [6.07, 6.45) is 5.52. The molecule has 118 valence electrons. The average Bonchev–Trinajstić information content (AvgIpc) is 2.41. The first-order chi connectivity index (χ1) is 9.38. The highest BCUT2D eigenvalue weighted by atomic mass is 16.5. The third-order valence-electron chi connectivity index (χ3n) is 5.50. The SMILES string of the molecule is CN(CC1CC(C(C)(C)C)CCC1O)C1CCOCC1. The smallest absolute Gasteiger partial charge is 0.0580 e. The van der Waals surface area contributed by atoms with E-state index in [4.69, 9.17) is 4.74 Å². The molecule has 20 heavy (non-hydrogen) atoms. The zero-order valence-corrected chi connectivity index (χ0v) is 13.8. The molecule has 2 rings (SSSR count). The van der Waals surface area contributed by atoms with Gasteiger partial charge in [-0.15, -0.1) is 0 Å². The first kappa shape index (κ1) is 16.3. The van der Waals surface area contributed by atoms with E-state index in [2.05, 4.69) is 32.7 Å². The molecule has 3 atom stereocenters. The number of aliphatic hydroxyl groups is 1. The van der Waals surface area contributed by atoms with Gasteiger partial charge in [0, 0.05) is 25.8 Å². The molecule has 0 radical (unpaired) electrons. The Morgan fingerprint density at radius 1 is 1.10 bits per heavy atom. The largest absolute Gasteiger partial charge is 0.393 e. The Kier molecular flexibility index (Phi) is 5.49. The van der Waals surface area contributed by atoms with Crippen LogP contribution in [0.3, 0.4) is 0 Å². The lowest BCUT2D eigenvalue weighted by Crippen LogP contribution is -2.44. The Morgan fingerprint density at radius 3 is 2.35 bits per heavy atom. The molecule has 1 N–H and O–H groups in total. The quantitative estimate of drug-likeness (QED) is 0.864. The van der Waals surface area contributed by atoms with Crippen molar-refractivity contribution >= 4 is 0 Å². The van der Waals surface area contributed by atoms with Gasteiger partial charge in [0.25, 0.3) is 0 Å². The van der Waals surface area contributed by atoms with Gasteiger partial charge in [-0.1, -0.05) is 20.8 Å². The van der Waals surface area contributed by atoms with E-state index < -0.39 is 0 Å². The Labute approximate surface area is 124 Å². The molecule has 1 saturated carbocycles. The zero-order chi connectivity index (χ0) is 14.8. The van der Waals surface area contributed by atoms with Crippen molar-refractivity contribution in [2.45, 2.75) is 65.0 Å². The predicted molar refractivity (Wildman–Crippen MR) is 82.8 cm³/mol. The molecule has 2 fully saturated rings. The van der Waals surface area contributed by atoms with Crippen molar-refractivity contribution in [2.75, 3.05) is 26.8 Å². The van der Waals surface area contributed by atoms with Crippen LogP contribution in [0.5, 0.6) is 0 Å². The second-order valence-corrected chi connectivity index (χ2v) is 7.99. The maximum absolute atomic E-state index is 10.3. The number of aliphatic hydroxyl groups excluding tert-OH is 1. The molecule has 0 aromatic rings. The van der Waals surface area contributed by atoms with Crippen LogP contribution < -0.4 is 0 Å². The summed E-state index contributed by atoms with van der Waals surface area (Å²) in [5, 5.41) is 10.3. The maximum atomic E-state index is 10.3. The van der Waals surface area contributed by atoms with E-state index in [1.165, 1.54) is 12.8 Å². The van der Waals surface area contributed by atoms with Gasteiger partial charge in [-0.2, -0.15) is 0 Å². The molecular formula is C17H33NO2. The normalized spacial score (nSPS) is 33.6. The molecule has 0 aromatic heterocycles. The average molecular weight is 283 g/mol. The fraction of sp³-hybridized carbons (Fsp3) is 1.00. The van der Waals surface area contributed by atoms with E-state index in [9.17, 15) is 5.11 Å². The van der Waals surface area contributed by atoms with E-state index in [1.807, 2.05) is 0 Å². The van der Waals surface area contributed by atoms with Crippen LogP contribution in [0, 0.1) is 17.3 Å². The molecule has 3 nitrogen and oxygen atoms in total. The van der Waals surface area contributed by atoms with Crippen LogP contribution in [0.25, 0.3) is 0 Å². The van der Waals surface area contributed by atoms with Gasteiger partial charge in [0.15, 0.2) is 0 Å². The minimum absolute atomic E-state index is 0.101. The second kappa shape index (κ2) is 6.76. The highest BCUT2D eigenvalue weighted by Gasteiger charge is 2.36. The molecule has 0 bridgehead atoms. The van der Waals surface area contributed by atoms with Gasteiger partial charge >= 0.3 is 0 Å². The molecule has 0 amide bonds. The number of rotatable bonds is 3. The van der Waals surface area contributed by atoms with Gasteiger partial charge < -0.3 is 14.7 Å². The lowest BCUT2D eigenvalue weighted by atomic mass is 9.68.